The van der Waals surface area contributed by atoms with Crippen LogP contribution in [0.4, 0.5) is 5.69 Å². The molecule has 1 aliphatic heterocycles. The van der Waals surface area contributed by atoms with Gasteiger partial charge in [-0.3, -0.25) is 9.52 Å². The molecule has 0 saturated heterocycles. The summed E-state index contributed by atoms with van der Waals surface area (Å²) in [5.74, 6) is 0.382. The summed E-state index contributed by atoms with van der Waals surface area (Å²) in [5, 5.41) is 3.14. The number of anilines is 1. The average Bonchev–Trinajstić information content (AvgIpc) is 2.86. The van der Waals surface area contributed by atoms with Gasteiger partial charge in [0.2, 0.25) is 0 Å². The number of para-hydroxylation sites is 1. The molecule has 0 bridgehead atoms. The zero-order valence-corrected chi connectivity index (χ0v) is 22.5. The molecule has 36 heavy (non-hydrogen) atoms. The van der Waals surface area contributed by atoms with Gasteiger partial charge in [-0.2, -0.15) is 0 Å². The topological polar surface area (TPSA) is 84.5 Å². The number of fused-ring (bicyclic) bond motifs is 1. The summed E-state index contributed by atoms with van der Waals surface area (Å²) >= 11 is 6.29. The molecule has 0 unspecified atom stereocenters. The highest BCUT2D eigenvalue weighted by molar-refractivity contribution is 7.92. The lowest BCUT2D eigenvalue weighted by atomic mass is 9.83. The van der Waals surface area contributed by atoms with E-state index in [4.69, 9.17) is 16.3 Å². The predicted molar refractivity (Wildman–Crippen MR) is 143 cm³/mol. The smallest absolute Gasteiger partial charge is 0.263 e. The lowest BCUT2D eigenvalue weighted by Gasteiger charge is -2.41. The van der Waals surface area contributed by atoms with Crippen LogP contribution in [0.3, 0.4) is 0 Å². The number of ether oxygens (including phenoxy) is 1. The van der Waals surface area contributed by atoms with Crippen molar-refractivity contribution in [3.05, 3.63) is 87.9 Å². The molecule has 1 amide bonds. The van der Waals surface area contributed by atoms with Crippen LogP contribution in [-0.4, -0.2) is 19.9 Å². The first-order chi connectivity index (χ1) is 17.1. The molecular weight excluding hydrogens is 496 g/mol. The van der Waals surface area contributed by atoms with Crippen LogP contribution in [0.5, 0.6) is 5.75 Å². The Labute approximate surface area is 218 Å². The van der Waals surface area contributed by atoms with Crippen molar-refractivity contribution in [2.24, 2.45) is 0 Å². The average molecular weight is 527 g/mol. The van der Waals surface area contributed by atoms with Gasteiger partial charge in [0.25, 0.3) is 15.9 Å². The molecule has 0 saturated carbocycles. The molecule has 1 aliphatic rings. The van der Waals surface area contributed by atoms with E-state index in [2.05, 4.69) is 23.9 Å². The molecule has 0 fully saturated rings. The van der Waals surface area contributed by atoms with Crippen LogP contribution in [0.1, 0.15) is 66.2 Å². The highest BCUT2D eigenvalue weighted by Gasteiger charge is 2.39. The Morgan fingerprint density at radius 3 is 2.50 bits per heavy atom. The number of sulfonamides is 1. The van der Waals surface area contributed by atoms with Gasteiger partial charge in [0.1, 0.15) is 16.2 Å². The molecule has 0 aliphatic carbocycles. The van der Waals surface area contributed by atoms with Gasteiger partial charge in [0, 0.05) is 17.5 Å². The highest BCUT2D eigenvalue weighted by atomic mass is 35.5. The zero-order valence-electron chi connectivity index (χ0n) is 20.9. The van der Waals surface area contributed by atoms with Crippen molar-refractivity contribution in [3.8, 4) is 5.75 Å². The Hall–Kier alpha value is -3.03. The molecule has 1 heterocycles. The molecule has 4 rings (SSSR count). The molecule has 0 radical (unpaired) electrons. The number of aryl methyl sites for hydroxylation is 1. The van der Waals surface area contributed by atoms with Crippen molar-refractivity contribution < 1.29 is 17.9 Å². The number of carbonyl (C=O) groups excluding carboxylic acids is 1. The molecule has 3 aromatic carbocycles. The summed E-state index contributed by atoms with van der Waals surface area (Å²) in [6, 6.07) is 17.1. The second-order valence-electron chi connectivity index (χ2n) is 9.26. The fourth-order valence-corrected chi connectivity index (χ4v) is 6.23. The van der Waals surface area contributed by atoms with E-state index in [1.165, 1.54) is 18.2 Å². The Bertz CT molecular complexity index is 1400. The summed E-state index contributed by atoms with van der Waals surface area (Å²) in [5.41, 5.74) is 2.98. The van der Waals surface area contributed by atoms with E-state index >= 15 is 0 Å². The van der Waals surface area contributed by atoms with Crippen LogP contribution in [0, 0.1) is 13.8 Å². The van der Waals surface area contributed by atoms with Gasteiger partial charge < -0.3 is 10.1 Å². The Morgan fingerprint density at radius 2 is 1.78 bits per heavy atom. The first kappa shape index (κ1) is 26.0. The van der Waals surface area contributed by atoms with Crippen molar-refractivity contribution >= 4 is 33.2 Å². The first-order valence-electron chi connectivity index (χ1n) is 12.1. The minimum atomic E-state index is -4.03. The van der Waals surface area contributed by atoms with Crippen LogP contribution in [-0.2, 0) is 10.0 Å². The summed E-state index contributed by atoms with van der Waals surface area (Å²) in [6.07, 6.45) is 2.23. The highest BCUT2D eigenvalue weighted by Crippen LogP contribution is 2.42. The number of amides is 1. The third kappa shape index (κ3) is 5.08. The van der Waals surface area contributed by atoms with Crippen LogP contribution in [0.15, 0.2) is 65.6 Å². The van der Waals surface area contributed by atoms with Crippen LogP contribution in [0.25, 0.3) is 0 Å². The fourth-order valence-electron chi connectivity index (χ4n) is 4.58. The molecule has 8 heteroatoms. The van der Waals surface area contributed by atoms with Gasteiger partial charge in [0.15, 0.2) is 0 Å². The van der Waals surface area contributed by atoms with Gasteiger partial charge in [-0.05, 0) is 68.1 Å². The normalized spacial score (nSPS) is 16.5. The van der Waals surface area contributed by atoms with Gasteiger partial charge in [-0.15, -0.1) is 0 Å². The zero-order chi connectivity index (χ0) is 26.1. The number of benzene rings is 3. The van der Waals surface area contributed by atoms with Gasteiger partial charge in [-0.1, -0.05) is 55.8 Å². The number of hydrogen-bond donors (Lipinski definition) is 2. The molecule has 2 N–H and O–H groups in total. The second-order valence-corrected chi connectivity index (χ2v) is 11.3. The standard InChI is InChI=1S/C28H31ClN2O4S/c1-5-28(6-2)17-24(21-11-7-8-13-25(21)35-28)30-27(32)20-14-15-22(29)26(16-20)36(33,34)31-23-12-9-10-18(3)19(23)4/h7-16,24,31H,5-6,17H2,1-4H3,(H,30,32)/t24-/m1/s1. The molecule has 6 nitrogen and oxygen atoms in total. The number of carbonyl (C=O) groups is 1. The minimum absolute atomic E-state index is 0.0387. The molecule has 1 atom stereocenters. The van der Waals surface area contributed by atoms with Crippen LogP contribution < -0.4 is 14.8 Å². The van der Waals surface area contributed by atoms with E-state index in [0.717, 1.165) is 35.3 Å². The SMILES string of the molecule is CCC1(CC)C[C@@H](NC(=O)c2ccc(Cl)c(S(=O)(=O)Nc3cccc(C)c3C)c2)c2ccccc2O1. The van der Waals surface area contributed by atoms with E-state index in [0.29, 0.717) is 12.1 Å². The maximum absolute atomic E-state index is 13.3. The predicted octanol–water partition coefficient (Wildman–Crippen LogP) is 6.57. The number of rotatable bonds is 7. The van der Waals surface area contributed by atoms with Crippen LogP contribution in [0.2, 0.25) is 5.02 Å². The Morgan fingerprint density at radius 1 is 1.06 bits per heavy atom. The minimum Gasteiger partial charge on any atom is -0.487 e. The third-order valence-corrected chi connectivity index (χ3v) is 8.97. The maximum Gasteiger partial charge on any atom is 0.263 e. The molecule has 190 valence electrons. The quantitative estimate of drug-likeness (QED) is 0.364. The van der Waals surface area contributed by atoms with Crippen LogP contribution >= 0.6 is 11.6 Å². The summed E-state index contributed by atoms with van der Waals surface area (Å²) < 4.78 is 35.4. The largest absolute Gasteiger partial charge is 0.487 e. The molecule has 3 aromatic rings. The Balaban J connectivity index is 1.63. The van der Waals surface area contributed by atoms with Gasteiger partial charge >= 0.3 is 0 Å². The monoisotopic (exact) mass is 526 g/mol. The van der Waals surface area contributed by atoms with Gasteiger partial charge in [0.05, 0.1) is 16.8 Å². The Kier molecular flexibility index (Phi) is 7.34. The third-order valence-electron chi connectivity index (χ3n) is 7.12. The maximum atomic E-state index is 13.3. The molecule has 0 aromatic heterocycles. The number of nitrogens with one attached hydrogen (secondary N) is 2. The van der Waals surface area contributed by atoms with Crippen molar-refractivity contribution in [1.82, 2.24) is 5.32 Å². The van der Waals surface area contributed by atoms with E-state index in [9.17, 15) is 13.2 Å². The van der Waals surface area contributed by atoms with E-state index in [1.54, 1.807) is 12.1 Å². The molecular formula is C28H31ClN2O4S. The molecule has 0 spiro atoms. The summed E-state index contributed by atoms with van der Waals surface area (Å²) in [7, 11) is -4.03. The van der Waals surface area contributed by atoms with Crippen molar-refractivity contribution in [2.45, 2.75) is 63.5 Å². The first-order valence-corrected chi connectivity index (χ1v) is 13.9. The second kappa shape index (κ2) is 10.1. The van der Waals surface area contributed by atoms with E-state index in [-0.39, 0.29) is 33.0 Å². The lowest BCUT2D eigenvalue weighted by Crippen LogP contribution is -2.44. The number of hydrogen-bond acceptors (Lipinski definition) is 4. The van der Waals surface area contributed by atoms with Gasteiger partial charge in [-0.25, -0.2) is 8.42 Å². The van der Waals surface area contributed by atoms with Crippen molar-refractivity contribution in [2.75, 3.05) is 4.72 Å². The summed E-state index contributed by atoms with van der Waals surface area (Å²) in [4.78, 5) is 13.2. The van der Waals surface area contributed by atoms with E-state index in [1.807, 2.05) is 44.2 Å². The van der Waals surface area contributed by atoms with Crippen molar-refractivity contribution in [1.29, 1.82) is 0 Å². The fraction of sp³-hybridized carbons (Fsp3) is 0.321. The lowest BCUT2D eigenvalue weighted by molar-refractivity contribution is 0.0227. The number of halogens is 1. The van der Waals surface area contributed by atoms with Crippen molar-refractivity contribution in [3.63, 3.8) is 0 Å². The van der Waals surface area contributed by atoms with E-state index < -0.39 is 10.0 Å². The summed E-state index contributed by atoms with van der Waals surface area (Å²) in [6.45, 7) is 7.91.